The van der Waals surface area contributed by atoms with Crippen molar-refractivity contribution < 1.29 is 14.6 Å². The van der Waals surface area contributed by atoms with Crippen LogP contribution in [0, 0.1) is 6.92 Å². The number of carbonyl (C=O) groups excluding carboxylic acids is 1. The fourth-order valence-corrected chi connectivity index (χ4v) is 2.04. The van der Waals surface area contributed by atoms with Crippen molar-refractivity contribution in [3.05, 3.63) is 41.7 Å². The summed E-state index contributed by atoms with van der Waals surface area (Å²) in [6.07, 6.45) is 1.35. The zero-order chi connectivity index (χ0) is 16.7. The quantitative estimate of drug-likeness (QED) is 0.673. The van der Waals surface area contributed by atoms with Gasteiger partial charge in [-0.15, -0.1) is 0 Å². The largest absolute Gasteiger partial charge is 0.462 e. The number of hydrogen-bond acceptors (Lipinski definition) is 7. The molecular weight excluding hydrogens is 296 g/mol. The maximum absolute atomic E-state index is 12.3. The molecule has 0 saturated heterocycles. The van der Waals surface area contributed by atoms with E-state index in [4.69, 9.17) is 9.84 Å². The van der Waals surface area contributed by atoms with Crippen LogP contribution in [0.4, 0.5) is 17.3 Å². The third-order valence-electron chi connectivity index (χ3n) is 3.01. The summed E-state index contributed by atoms with van der Waals surface area (Å²) >= 11 is 0. The van der Waals surface area contributed by atoms with Crippen molar-refractivity contribution in [2.24, 2.45) is 0 Å². The number of benzene rings is 1. The Morgan fingerprint density at radius 1 is 1.30 bits per heavy atom. The lowest BCUT2D eigenvalue weighted by molar-refractivity contribution is 0.0528. The van der Waals surface area contributed by atoms with Gasteiger partial charge >= 0.3 is 5.97 Å². The van der Waals surface area contributed by atoms with Gasteiger partial charge in [0.15, 0.2) is 5.82 Å². The molecule has 0 unspecified atom stereocenters. The zero-order valence-electron chi connectivity index (χ0n) is 13.2. The van der Waals surface area contributed by atoms with E-state index in [9.17, 15) is 4.79 Å². The van der Waals surface area contributed by atoms with E-state index < -0.39 is 5.97 Å². The van der Waals surface area contributed by atoms with Crippen LogP contribution in [-0.4, -0.2) is 40.8 Å². The Balaban J connectivity index is 2.38. The number of nitrogens with one attached hydrogen (secondary N) is 2. The van der Waals surface area contributed by atoms with Crippen LogP contribution in [0.2, 0.25) is 0 Å². The van der Waals surface area contributed by atoms with Crippen molar-refractivity contribution in [3.8, 4) is 0 Å². The second-order valence-corrected chi connectivity index (χ2v) is 4.81. The first-order chi connectivity index (χ1) is 11.2. The second kappa shape index (κ2) is 8.09. The molecule has 122 valence electrons. The summed E-state index contributed by atoms with van der Waals surface area (Å²) in [5.41, 5.74) is 2.10. The average molecular weight is 316 g/mol. The Hall–Kier alpha value is -2.67. The molecule has 0 radical (unpaired) electrons. The predicted octanol–water partition coefficient (Wildman–Crippen LogP) is 2.11. The summed E-state index contributed by atoms with van der Waals surface area (Å²) < 4.78 is 5.09. The Kier molecular flexibility index (Phi) is 5.87. The Morgan fingerprint density at radius 3 is 2.78 bits per heavy atom. The third kappa shape index (κ3) is 4.40. The first kappa shape index (κ1) is 16.7. The molecule has 0 amide bonds. The van der Waals surface area contributed by atoms with Crippen molar-refractivity contribution in [1.29, 1.82) is 0 Å². The number of hydrogen-bond donors (Lipinski definition) is 3. The first-order valence-corrected chi connectivity index (χ1v) is 7.36. The van der Waals surface area contributed by atoms with E-state index in [1.807, 2.05) is 31.2 Å². The maximum Gasteiger partial charge on any atom is 0.345 e. The van der Waals surface area contributed by atoms with E-state index in [-0.39, 0.29) is 25.3 Å². The first-order valence-electron chi connectivity index (χ1n) is 7.36. The van der Waals surface area contributed by atoms with Gasteiger partial charge in [-0.1, -0.05) is 12.1 Å². The minimum Gasteiger partial charge on any atom is -0.462 e. The highest BCUT2D eigenvalue weighted by Crippen LogP contribution is 2.24. The van der Waals surface area contributed by atoms with Gasteiger partial charge in [0.2, 0.25) is 0 Å². The van der Waals surface area contributed by atoms with E-state index in [2.05, 4.69) is 20.6 Å². The number of nitrogens with zero attached hydrogens (tertiary/aromatic N) is 2. The smallest absolute Gasteiger partial charge is 0.345 e. The van der Waals surface area contributed by atoms with E-state index in [0.717, 1.165) is 11.3 Å². The number of carbonyl (C=O) groups is 1. The highest BCUT2D eigenvalue weighted by Gasteiger charge is 2.20. The highest BCUT2D eigenvalue weighted by molar-refractivity contribution is 6.00. The normalized spacial score (nSPS) is 10.2. The molecule has 0 saturated carbocycles. The molecule has 0 spiro atoms. The Labute approximate surface area is 134 Å². The van der Waals surface area contributed by atoms with Gasteiger partial charge in [-0.2, -0.15) is 0 Å². The van der Waals surface area contributed by atoms with Crippen LogP contribution in [0.5, 0.6) is 0 Å². The van der Waals surface area contributed by atoms with Crippen molar-refractivity contribution in [2.75, 3.05) is 30.4 Å². The average Bonchev–Trinajstić information content (AvgIpc) is 2.53. The molecule has 0 aliphatic carbocycles. The van der Waals surface area contributed by atoms with E-state index in [1.54, 1.807) is 6.92 Å². The van der Waals surface area contributed by atoms with Crippen LogP contribution < -0.4 is 10.6 Å². The molecule has 0 aliphatic heterocycles. The van der Waals surface area contributed by atoms with Gasteiger partial charge in [0.05, 0.1) is 13.2 Å². The summed E-state index contributed by atoms with van der Waals surface area (Å²) in [7, 11) is 0. The molecule has 0 aliphatic rings. The van der Waals surface area contributed by atoms with Gasteiger partial charge in [-0.05, 0) is 31.5 Å². The minimum atomic E-state index is -0.524. The summed E-state index contributed by atoms with van der Waals surface area (Å²) in [6.45, 7) is 4.15. The maximum atomic E-state index is 12.3. The summed E-state index contributed by atoms with van der Waals surface area (Å²) in [6, 6.07) is 7.71. The highest BCUT2D eigenvalue weighted by atomic mass is 16.5. The number of anilines is 3. The van der Waals surface area contributed by atoms with Crippen LogP contribution in [0.25, 0.3) is 0 Å². The number of rotatable bonds is 7. The lowest BCUT2D eigenvalue weighted by Crippen LogP contribution is -2.16. The van der Waals surface area contributed by atoms with Crippen LogP contribution in [0.15, 0.2) is 30.6 Å². The monoisotopic (exact) mass is 316 g/mol. The molecule has 7 nitrogen and oxygen atoms in total. The number of aromatic nitrogens is 2. The molecule has 0 bridgehead atoms. The van der Waals surface area contributed by atoms with Crippen molar-refractivity contribution in [3.63, 3.8) is 0 Å². The molecule has 23 heavy (non-hydrogen) atoms. The number of aliphatic hydroxyl groups excluding tert-OH is 1. The van der Waals surface area contributed by atoms with Gasteiger partial charge < -0.3 is 20.5 Å². The molecule has 1 aromatic heterocycles. The molecule has 3 N–H and O–H groups in total. The molecule has 1 heterocycles. The van der Waals surface area contributed by atoms with E-state index in [0.29, 0.717) is 11.6 Å². The molecule has 0 fully saturated rings. The zero-order valence-corrected chi connectivity index (χ0v) is 13.2. The third-order valence-corrected chi connectivity index (χ3v) is 3.01. The van der Waals surface area contributed by atoms with Crippen LogP contribution in [0.1, 0.15) is 22.8 Å². The standard InChI is InChI=1S/C16H20N4O3/c1-3-23-16(22)13-14(17-7-8-21)18-10-19-15(13)20-12-6-4-5-11(2)9-12/h4-6,9-10,21H,3,7-8H2,1-2H3,(H2,17,18,19,20). The molecule has 0 atom stereocenters. The van der Waals surface area contributed by atoms with Crippen molar-refractivity contribution in [2.45, 2.75) is 13.8 Å². The van der Waals surface area contributed by atoms with Gasteiger partial charge in [0, 0.05) is 12.2 Å². The fraction of sp³-hybridized carbons (Fsp3) is 0.312. The van der Waals surface area contributed by atoms with E-state index in [1.165, 1.54) is 6.33 Å². The Morgan fingerprint density at radius 2 is 2.09 bits per heavy atom. The topological polar surface area (TPSA) is 96.4 Å². The molecule has 2 aromatic rings. The van der Waals surface area contributed by atoms with Gasteiger partial charge in [0.25, 0.3) is 0 Å². The van der Waals surface area contributed by atoms with E-state index >= 15 is 0 Å². The Bertz CT molecular complexity index is 676. The van der Waals surface area contributed by atoms with Crippen LogP contribution >= 0.6 is 0 Å². The number of aliphatic hydroxyl groups is 1. The second-order valence-electron chi connectivity index (χ2n) is 4.81. The van der Waals surface area contributed by atoms with Crippen LogP contribution in [0.3, 0.4) is 0 Å². The predicted molar refractivity (Wildman–Crippen MR) is 88.0 cm³/mol. The van der Waals surface area contributed by atoms with Crippen LogP contribution in [-0.2, 0) is 4.74 Å². The lowest BCUT2D eigenvalue weighted by Gasteiger charge is -2.14. The molecule has 7 heteroatoms. The molecule has 2 rings (SSSR count). The van der Waals surface area contributed by atoms with Crippen molar-refractivity contribution in [1.82, 2.24) is 9.97 Å². The molecule has 1 aromatic carbocycles. The SMILES string of the molecule is CCOC(=O)c1c(NCCO)ncnc1Nc1cccc(C)c1. The summed E-state index contributed by atoms with van der Waals surface area (Å²) in [4.78, 5) is 20.5. The summed E-state index contributed by atoms with van der Waals surface area (Å²) in [5.74, 6) is 0.149. The summed E-state index contributed by atoms with van der Waals surface area (Å²) in [5, 5.41) is 15.0. The lowest BCUT2D eigenvalue weighted by atomic mass is 10.2. The van der Waals surface area contributed by atoms with Gasteiger partial charge in [-0.25, -0.2) is 14.8 Å². The fourth-order valence-electron chi connectivity index (χ4n) is 2.04. The number of esters is 1. The number of ether oxygens (including phenoxy) is 1. The molecular formula is C16H20N4O3. The minimum absolute atomic E-state index is 0.0765. The van der Waals surface area contributed by atoms with Crippen molar-refractivity contribution >= 4 is 23.3 Å². The number of aryl methyl sites for hydroxylation is 1. The van der Waals surface area contributed by atoms with Gasteiger partial charge in [0.1, 0.15) is 17.7 Å². The van der Waals surface area contributed by atoms with Gasteiger partial charge in [-0.3, -0.25) is 0 Å².